The van der Waals surface area contributed by atoms with Crippen LogP contribution in [0.5, 0.6) is 0 Å². The van der Waals surface area contributed by atoms with Crippen LogP contribution in [0.1, 0.15) is 0 Å². The molecule has 1 aliphatic heterocycles. The van der Waals surface area contributed by atoms with E-state index in [0.717, 1.165) is 39.4 Å². The molecule has 1 rings (SSSR count). The number of aliphatic hydroxyl groups excluding tert-OH is 1. The summed E-state index contributed by atoms with van der Waals surface area (Å²) in [6.07, 6.45) is 3.38. The molecule has 0 bridgehead atoms. The molecule has 1 fully saturated rings. The minimum Gasteiger partial charge on any atom is -0.390 e. The third kappa shape index (κ3) is 5.98. The summed E-state index contributed by atoms with van der Waals surface area (Å²) in [6, 6.07) is 0. The number of rotatable bonds is 8. The molecule has 0 aromatic rings. The zero-order chi connectivity index (χ0) is 12.5. The molecule has 0 saturated carbocycles. The fourth-order valence-corrected chi connectivity index (χ4v) is 2.03. The lowest BCUT2D eigenvalue weighted by Crippen LogP contribution is -2.44. The highest BCUT2D eigenvalue weighted by Crippen LogP contribution is 2.01. The standard InChI is InChI=1S/C13H24N2O2/c1-3-5-14(6-4-2)11-13(16)12-15-7-9-17-10-8-15/h3-4,13,16H,1-2,5-12H2. The van der Waals surface area contributed by atoms with Gasteiger partial charge in [0.05, 0.1) is 19.3 Å². The molecule has 0 amide bonds. The first-order valence-corrected chi connectivity index (χ1v) is 6.18. The smallest absolute Gasteiger partial charge is 0.0794 e. The Hall–Kier alpha value is -0.680. The molecule has 1 saturated heterocycles. The number of morpholine rings is 1. The second-order valence-corrected chi connectivity index (χ2v) is 4.36. The van der Waals surface area contributed by atoms with E-state index >= 15 is 0 Å². The van der Waals surface area contributed by atoms with Gasteiger partial charge in [0, 0.05) is 39.3 Å². The zero-order valence-electron chi connectivity index (χ0n) is 10.6. The van der Waals surface area contributed by atoms with Gasteiger partial charge in [0.2, 0.25) is 0 Å². The van der Waals surface area contributed by atoms with Gasteiger partial charge in [-0.15, -0.1) is 13.2 Å². The Balaban J connectivity index is 2.26. The van der Waals surface area contributed by atoms with Gasteiger partial charge in [0.1, 0.15) is 0 Å². The van der Waals surface area contributed by atoms with Gasteiger partial charge in [-0.3, -0.25) is 9.80 Å². The van der Waals surface area contributed by atoms with Crippen LogP contribution in [0, 0.1) is 0 Å². The fourth-order valence-electron chi connectivity index (χ4n) is 2.03. The van der Waals surface area contributed by atoms with Crippen molar-refractivity contribution in [1.82, 2.24) is 9.80 Å². The summed E-state index contributed by atoms with van der Waals surface area (Å²) in [4.78, 5) is 4.37. The van der Waals surface area contributed by atoms with E-state index < -0.39 is 0 Å². The fraction of sp³-hybridized carbons (Fsp3) is 0.692. The molecular formula is C13H24N2O2. The molecule has 0 radical (unpaired) electrons. The van der Waals surface area contributed by atoms with Crippen LogP contribution in [0.3, 0.4) is 0 Å². The normalized spacial score (nSPS) is 19.2. The Bertz CT molecular complexity index is 217. The van der Waals surface area contributed by atoms with Crippen molar-refractivity contribution in [3.05, 3.63) is 25.3 Å². The number of nitrogens with zero attached hydrogens (tertiary/aromatic N) is 2. The van der Waals surface area contributed by atoms with E-state index in [1.165, 1.54) is 0 Å². The van der Waals surface area contributed by atoms with Crippen LogP contribution in [0.25, 0.3) is 0 Å². The van der Waals surface area contributed by atoms with Gasteiger partial charge in [-0.25, -0.2) is 0 Å². The van der Waals surface area contributed by atoms with Crippen LogP contribution >= 0.6 is 0 Å². The van der Waals surface area contributed by atoms with Crippen LogP contribution in [0.4, 0.5) is 0 Å². The summed E-state index contributed by atoms with van der Waals surface area (Å²) in [7, 11) is 0. The minimum absolute atomic E-state index is 0.326. The van der Waals surface area contributed by atoms with E-state index in [4.69, 9.17) is 4.74 Å². The maximum atomic E-state index is 10.0. The van der Waals surface area contributed by atoms with Gasteiger partial charge >= 0.3 is 0 Å². The van der Waals surface area contributed by atoms with Crippen molar-refractivity contribution >= 4 is 0 Å². The van der Waals surface area contributed by atoms with E-state index in [2.05, 4.69) is 23.0 Å². The molecule has 1 N–H and O–H groups in total. The van der Waals surface area contributed by atoms with Gasteiger partial charge in [-0.05, 0) is 0 Å². The minimum atomic E-state index is -0.326. The third-order valence-electron chi connectivity index (χ3n) is 2.82. The van der Waals surface area contributed by atoms with Crippen LogP contribution in [0.2, 0.25) is 0 Å². The second kappa shape index (κ2) is 8.42. The topological polar surface area (TPSA) is 35.9 Å². The lowest BCUT2D eigenvalue weighted by molar-refractivity contribution is 0.00848. The lowest BCUT2D eigenvalue weighted by atomic mass is 10.2. The summed E-state index contributed by atoms with van der Waals surface area (Å²) >= 11 is 0. The molecular weight excluding hydrogens is 216 g/mol. The van der Waals surface area contributed by atoms with Gasteiger partial charge in [0.15, 0.2) is 0 Å². The molecule has 0 aliphatic carbocycles. The van der Waals surface area contributed by atoms with Gasteiger partial charge < -0.3 is 9.84 Å². The second-order valence-electron chi connectivity index (χ2n) is 4.36. The highest BCUT2D eigenvalue weighted by atomic mass is 16.5. The molecule has 1 heterocycles. The molecule has 17 heavy (non-hydrogen) atoms. The Morgan fingerprint density at radius 1 is 1.24 bits per heavy atom. The molecule has 0 aromatic carbocycles. The van der Waals surface area contributed by atoms with E-state index in [-0.39, 0.29) is 6.10 Å². The molecule has 0 aromatic heterocycles. The van der Waals surface area contributed by atoms with Crippen molar-refractivity contribution in [3.63, 3.8) is 0 Å². The molecule has 1 aliphatic rings. The van der Waals surface area contributed by atoms with Crippen molar-refractivity contribution in [1.29, 1.82) is 0 Å². The zero-order valence-corrected chi connectivity index (χ0v) is 10.6. The molecule has 1 unspecified atom stereocenters. The summed E-state index contributed by atoms with van der Waals surface area (Å²) in [6.45, 7) is 13.8. The Kier molecular flexibility index (Phi) is 7.12. The van der Waals surface area contributed by atoms with E-state index in [1.807, 2.05) is 12.2 Å². The van der Waals surface area contributed by atoms with Crippen molar-refractivity contribution in [3.8, 4) is 0 Å². The van der Waals surface area contributed by atoms with E-state index in [9.17, 15) is 5.11 Å². The van der Waals surface area contributed by atoms with Crippen LogP contribution in [0.15, 0.2) is 25.3 Å². The van der Waals surface area contributed by atoms with Crippen LogP contribution < -0.4 is 0 Å². The number of aliphatic hydroxyl groups is 1. The van der Waals surface area contributed by atoms with Crippen LogP contribution in [-0.2, 0) is 4.74 Å². The van der Waals surface area contributed by atoms with Crippen molar-refractivity contribution in [2.45, 2.75) is 6.10 Å². The highest BCUT2D eigenvalue weighted by molar-refractivity contribution is 4.82. The maximum Gasteiger partial charge on any atom is 0.0794 e. The quantitative estimate of drug-likeness (QED) is 0.621. The SMILES string of the molecule is C=CCN(CC=C)CC(O)CN1CCOCC1. The first-order valence-electron chi connectivity index (χ1n) is 6.18. The first-order chi connectivity index (χ1) is 8.26. The van der Waals surface area contributed by atoms with E-state index in [1.54, 1.807) is 0 Å². The Morgan fingerprint density at radius 2 is 1.82 bits per heavy atom. The summed E-state index contributed by atoms with van der Waals surface area (Å²) in [5.41, 5.74) is 0. The highest BCUT2D eigenvalue weighted by Gasteiger charge is 2.16. The Morgan fingerprint density at radius 3 is 2.35 bits per heavy atom. The molecule has 4 nitrogen and oxygen atoms in total. The monoisotopic (exact) mass is 240 g/mol. The summed E-state index contributed by atoms with van der Waals surface area (Å²) in [5.74, 6) is 0. The summed E-state index contributed by atoms with van der Waals surface area (Å²) in [5, 5.41) is 10.0. The Labute approximate surface area is 104 Å². The predicted octanol–water partition coefficient (Wildman–Crippen LogP) is 0.354. The van der Waals surface area contributed by atoms with Crippen molar-refractivity contribution in [2.75, 3.05) is 52.5 Å². The lowest BCUT2D eigenvalue weighted by Gasteiger charge is -2.30. The molecule has 0 spiro atoms. The van der Waals surface area contributed by atoms with Gasteiger partial charge in [-0.2, -0.15) is 0 Å². The molecule has 98 valence electrons. The average Bonchev–Trinajstić information content (AvgIpc) is 2.30. The number of hydrogen-bond donors (Lipinski definition) is 1. The number of β-amino-alcohol motifs (C(OH)–C–C–N with tert-alkyl or cyclic N) is 1. The van der Waals surface area contributed by atoms with E-state index in [0.29, 0.717) is 13.1 Å². The van der Waals surface area contributed by atoms with Gasteiger partial charge in [0.25, 0.3) is 0 Å². The average molecular weight is 240 g/mol. The number of hydrogen-bond acceptors (Lipinski definition) is 4. The van der Waals surface area contributed by atoms with Crippen molar-refractivity contribution in [2.24, 2.45) is 0 Å². The molecule has 1 atom stereocenters. The van der Waals surface area contributed by atoms with Crippen molar-refractivity contribution < 1.29 is 9.84 Å². The third-order valence-corrected chi connectivity index (χ3v) is 2.82. The summed E-state index contributed by atoms with van der Waals surface area (Å²) < 4.78 is 5.28. The van der Waals surface area contributed by atoms with Gasteiger partial charge in [-0.1, -0.05) is 12.2 Å². The molecule has 4 heteroatoms. The van der Waals surface area contributed by atoms with Crippen LogP contribution in [-0.4, -0.2) is 73.5 Å². The number of ether oxygens (including phenoxy) is 1. The largest absolute Gasteiger partial charge is 0.390 e. The predicted molar refractivity (Wildman–Crippen MR) is 70.1 cm³/mol. The first kappa shape index (κ1) is 14.4. The maximum absolute atomic E-state index is 10.0.